The number of Topliss-reactive ketones (excluding diaryl/α,β-unsaturated/α-hetero) is 1. The van der Waals surface area contributed by atoms with Gasteiger partial charge < -0.3 is 14.6 Å². The van der Waals surface area contributed by atoms with Crippen LogP contribution in [-0.2, 0) is 23.9 Å². The van der Waals surface area contributed by atoms with Crippen molar-refractivity contribution in [3.63, 3.8) is 0 Å². The molecule has 0 rings (SSSR count). The fraction of sp³-hybridized carbons (Fsp3) is 0.850. The first-order valence-corrected chi connectivity index (χ1v) is 9.94. The molecule has 0 spiro atoms. The van der Waals surface area contributed by atoms with Crippen LogP contribution in [0.25, 0.3) is 0 Å². The number of carboxylic acids is 1. The maximum Gasteiger partial charge on any atom is 0.346 e. The molecule has 0 aromatic heterocycles. The van der Waals surface area contributed by atoms with Gasteiger partial charge in [0.2, 0.25) is 5.60 Å². The summed E-state index contributed by atoms with van der Waals surface area (Å²) in [6.07, 6.45) is 9.17. The van der Waals surface area contributed by atoms with E-state index >= 15 is 0 Å². The third-order valence-electron chi connectivity index (χ3n) is 4.38. The first-order chi connectivity index (χ1) is 12.4. The predicted molar refractivity (Wildman–Crippen MR) is 100 cm³/mol. The molecule has 0 aliphatic heterocycles. The van der Waals surface area contributed by atoms with Gasteiger partial charge in [-0.25, -0.2) is 4.79 Å². The number of rotatable bonds is 17. The number of carbonyl (C=O) groups is 3. The maximum atomic E-state index is 12.4. The van der Waals surface area contributed by atoms with Crippen molar-refractivity contribution in [1.82, 2.24) is 0 Å². The lowest BCUT2D eigenvalue weighted by Gasteiger charge is -2.27. The Morgan fingerprint density at radius 3 is 1.85 bits per heavy atom. The Hall–Kier alpha value is -1.43. The van der Waals surface area contributed by atoms with Gasteiger partial charge in [-0.2, -0.15) is 0 Å². The van der Waals surface area contributed by atoms with Gasteiger partial charge >= 0.3 is 11.9 Å². The summed E-state index contributed by atoms with van der Waals surface area (Å²) in [5, 5.41) is 9.15. The Morgan fingerprint density at radius 1 is 0.808 bits per heavy atom. The van der Waals surface area contributed by atoms with E-state index in [1.807, 2.05) is 0 Å². The number of hydrogen-bond donors (Lipinski definition) is 1. The third kappa shape index (κ3) is 9.90. The van der Waals surface area contributed by atoms with Crippen LogP contribution in [0.5, 0.6) is 0 Å². The van der Waals surface area contributed by atoms with Gasteiger partial charge in [0, 0.05) is 6.61 Å². The van der Waals surface area contributed by atoms with Crippen molar-refractivity contribution in [3.05, 3.63) is 0 Å². The van der Waals surface area contributed by atoms with E-state index in [1.165, 1.54) is 13.3 Å². The summed E-state index contributed by atoms with van der Waals surface area (Å²) in [5.41, 5.74) is -2.03. The smallest absolute Gasteiger partial charge is 0.346 e. The van der Waals surface area contributed by atoms with Gasteiger partial charge in [0.05, 0.1) is 13.0 Å². The summed E-state index contributed by atoms with van der Waals surface area (Å²) in [4.78, 5) is 35.7. The lowest BCUT2D eigenvalue weighted by Crippen LogP contribution is -2.51. The van der Waals surface area contributed by atoms with Crippen LogP contribution in [0.1, 0.15) is 91.4 Å². The highest BCUT2D eigenvalue weighted by atomic mass is 16.6. The van der Waals surface area contributed by atoms with Crippen LogP contribution >= 0.6 is 0 Å². The predicted octanol–water partition coefficient (Wildman–Crippen LogP) is 4.29. The van der Waals surface area contributed by atoms with Crippen LogP contribution in [0, 0.1) is 0 Å². The van der Waals surface area contributed by atoms with Crippen molar-refractivity contribution in [2.45, 2.75) is 97.0 Å². The van der Waals surface area contributed by atoms with Crippen LogP contribution in [-0.4, -0.2) is 41.6 Å². The molecule has 0 radical (unpaired) electrons. The van der Waals surface area contributed by atoms with Crippen molar-refractivity contribution in [2.75, 3.05) is 13.2 Å². The van der Waals surface area contributed by atoms with E-state index in [0.29, 0.717) is 12.8 Å². The lowest BCUT2D eigenvalue weighted by molar-refractivity contribution is -0.182. The number of esters is 1. The second kappa shape index (κ2) is 14.7. The van der Waals surface area contributed by atoms with Crippen LogP contribution < -0.4 is 0 Å². The van der Waals surface area contributed by atoms with E-state index in [9.17, 15) is 14.4 Å². The van der Waals surface area contributed by atoms with Crippen molar-refractivity contribution in [3.8, 4) is 0 Å². The molecule has 0 aliphatic carbocycles. The van der Waals surface area contributed by atoms with Crippen molar-refractivity contribution in [1.29, 1.82) is 0 Å². The summed E-state index contributed by atoms with van der Waals surface area (Å²) < 4.78 is 10.7. The molecule has 0 heterocycles. The SMILES string of the molecule is CCCCCCCCOC(CC(=O)O)(C(C)=O)C(=O)OCCCCCC. The molecule has 26 heavy (non-hydrogen) atoms. The van der Waals surface area contributed by atoms with E-state index in [-0.39, 0.29) is 13.2 Å². The average Bonchev–Trinajstić information content (AvgIpc) is 2.58. The zero-order valence-electron chi connectivity index (χ0n) is 16.7. The van der Waals surface area contributed by atoms with E-state index in [0.717, 1.165) is 44.9 Å². The summed E-state index contributed by atoms with van der Waals surface area (Å²) in [6, 6.07) is 0. The minimum absolute atomic E-state index is 0.171. The van der Waals surface area contributed by atoms with Crippen molar-refractivity contribution in [2.24, 2.45) is 0 Å². The van der Waals surface area contributed by atoms with Gasteiger partial charge in [-0.05, 0) is 19.8 Å². The molecular formula is C20H36O6. The van der Waals surface area contributed by atoms with Crippen molar-refractivity contribution >= 4 is 17.7 Å². The molecule has 1 atom stereocenters. The fourth-order valence-corrected chi connectivity index (χ4v) is 2.70. The number of ketones is 1. The van der Waals surface area contributed by atoms with Crippen molar-refractivity contribution < 1.29 is 29.0 Å². The minimum Gasteiger partial charge on any atom is -0.481 e. The molecule has 0 amide bonds. The van der Waals surface area contributed by atoms with Gasteiger partial charge in [-0.1, -0.05) is 65.2 Å². The minimum atomic E-state index is -2.03. The number of unbranched alkanes of at least 4 members (excludes halogenated alkanes) is 8. The number of aliphatic carboxylic acids is 1. The number of carbonyl (C=O) groups excluding carboxylic acids is 2. The van der Waals surface area contributed by atoms with Crippen LogP contribution in [0.4, 0.5) is 0 Å². The maximum absolute atomic E-state index is 12.4. The molecule has 0 aromatic carbocycles. The normalized spacial score (nSPS) is 13.2. The number of carboxylic acid groups (broad SMARTS) is 1. The molecule has 0 aliphatic rings. The first-order valence-electron chi connectivity index (χ1n) is 9.94. The molecule has 0 bridgehead atoms. The molecule has 6 heteroatoms. The molecule has 0 aromatic rings. The molecule has 1 N–H and O–H groups in total. The number of ether oxygens (including phenoxy) is 2. The van der Waals surface area contributed by atoms with Gasteiger partial charge in [-0.15, -0.1) is 0 Å². The van der Waals surface area contributed by atoms with Crippen LogP contribution in [0.3, 0.4) is 0 Å². The molecule has 0 fully saturated rings. The van der Waals surface area contributed by atoms with E-state index in [4.69, 9.17) is 14.6 Å². The highest BCUT2D eigenvalue weighted by Gasteiger charge is 2.48. The Kier molecular flexibility index (Phi) is 13.9. The Morgan fingerprint density at radius 2 is 1.31 bits per heavy atom. The zero-order chi connectivity index (χ0) is 19.8. The summed E-state index contributed by atoms with van der Waals surface area (Å²) in [5.74, 6) is -2.76. The molecule has 152 valence electrons. The van der Waals surface area contributed by atoms with Gasteiger partial charge in [0.25, 0.3) is 0 Å². The Balaban J connectivity index is 4.65. The largest absolute Gasteiger partial charge is 0.481 e. The molecule has 6 nitrogen and oxygen atoms in total. The quantitative estimate of drug-likeness (QED) is 0.233. The highest BCUT2D eigenvalue weighted by Crippen LogP contribution is 2.22. The summed E-state index contributed by atoms with van der Waals surface area (Å²) in [6.45, 7) is 5.75. The van der Waals surface area contributed by atoms with E-state index in [2.05, 4.69) is 13.8 Å². The summed E-state index contributed by atoms with van der Waals surface area (Å²) >= 11 is 0. The van der Waals surface area contributed by atoms with E-state index < -0.39 is 29.7 Å². The zero-order valence-corrected chi connectivity index (χ0v) is 16.7. The molecule has 1 unspecified atom stereocenters. The monoisotopic (exact) mass is 372 g/mol. The topological polar surface area (TPSA) is 89.9 Å². The fourth-order valence-electron chi connectivity index (χ4n) is 2.70. The van der Waals surface area contributed by atoms with Crippen LogP contribution in [0.15, 0.2) is 0 Å². The molecule has 0 saturated heterocycles. The van der Waals surface area contributed by atoms with Gasteiger partial charge in [0.15, 0.2) is 5.78 Å². The second-order valence-corrected chi connectivity index (χ2v) is 6.77. The molecule has 0 saturated carbocycles. The molecular weight excluding hydrogens is 336 g/mol. The average molecular weight is 373 g/mol. The van der Waals surface area contributed by atoms with E-state index in [1.54, 1.807) is 0 Å². The Bertz CT molecular complexity index is 421. The Labute approximate surface area is 157 Å². The summed E-state index contributed by atoms with van der Waals surface area (Å²) in [7, 11) is 0. The van der Waals surface area contributed by atoms with Gasteiger partial charge in [-0.3, -0.25) is 9.59 Å². The number of hydrogen-bond acceptors (Lipinski definition) is 5. The first kappa shape index (κ1) is 24.6. The standard InChI is InChI=1S/C20H36O6/c1-4-6-8-10-11-13-15-26-20(17(3)21,16-18(22)23)19(24)25-14-12-9-7-5-2/h4-16H2,1-3H3,(H,22,23). The third-order valence-corrected chi connectivity index (χ3v) is 4.38. The van der Waals surface area contributed by atoms with Crippen LogP contribution in [0.2, 0.25) is 0 Å². The lowest BCUT2D eigenvalue weighted by atomic mass is 9.94. The second-order valence-electron chi connectivity index (χ2n) is 6.77. The van der Waals surface area contributed by atoms with Gasteiger partial charge in [0.1, 0.15) is 0 Å². The highest BCUT2D eigenvalue weighted by molar-refractivity contribution is 6.08.